The van der Waals surface area contributed by atoms with Crippen molar-refractivity contribution in [3.8, 4) is 0 Å². The van der Waals surface area contributed by atoms with Gasteiger partial charge in [0.15, 0.2) is 0 Å². The Balaban J connectivity index is 2.17. The number of hydrogen-bond donors (Lipinski definition) is 3. The Labute approximate surface area is 67.9 Å². The number of aliphatic hydroxyl groups excluding tert-OH is 1. The molecule has 1 saturated carbocycles. The Morgan fingerprint density at radius 1 is 1.27 bits per heavy atom. The van der Waals surface area contributed by atoms with Crippen LogP contribution in [0.2, 0.25) is 6.82 Å². The first-order valence-corrected chi connectivity index (χ1v) is 4.30. The van der Waals surface area contributed by atoms with Crippen LogP contribution in [0.5, 0.6) is 0 Å². The Kier molecular flexibility index (Phi) is 3.36. The maximum absolute atomic E-state index is 9.17. The summed E-state index contributed by atoms with van der Waals surface area (Å²) in [6.07, 6.45) is 3.58. The zero-order valence-corrected chi connectivity index (χ0v) is 6.95. The molecular weight excluding hydrogens is 141 g/mol. The Morgan fingerprint density at radius 2 is 1.82 bits per heavy atom. The summed E-state index contributed by atoms with van der Waals surface area (Å²) in [5.41, 5.74) is 0. The van der Waals surface area contributed by atoms with Crippen LogP contribution in [0.4, 0.5) is 0 Å². The van der Waals surface area contributed by atoms with E-state index in [1.54, 1.807) is 6.82 Å². The SMILES string of the molecule is CB(O)N[C@H]1CC[C@H](O)CC1. The number of hydrogen-bond acceptors (Lipinski definition) is 3. The summed E-state index contributed by atoms with van der Waals surface area (Å²) in [5, 5.41) is 21.2. The van der Waals surface area contributed by atoms with E-state index >= 15 is 0 Å². The second-order valence-corrected chi connectivity index (χ2v) is 3.35. The monoisotopic (exact) mass is 157 g/mol. The van der Waals surface area contributed by atoms with Crippen molar-refractivity contribution in [3.05, 3.63) is 0 Å². The van der Waals surface area contributed by atoms with Crippen molar-refractivity contribution in [2.24, 2.45) is 0 Å². The van der Waals surface area contributed by atoms with E-state index in [4.69, 9.17) is 5.02 Å². The van der Waals surface area contributed by atoms with Crippen LogP contribution in [0.25, 0.3) is 0 Å². The van der Waals surface area contributed by atoms with E-state index in [2.05, 4.69) is 5.23 Å². The largest absolute Gasteiger partial charge is 0.437 e. The molecule has 1 rings (SSSR count). The summed E-state index contributed by atoms with van der Waals surface area (Å²) in [6, 6.07) is 0.401. The molecule has 3 N–H and O–H groups in total. The molecule has 0 radical (unpaired) electrons. The quantitative estimate of drug-likeness (QED) is 0.494. The molecule has 0 amide bonds. The lowest BCUT2D eigenvalue weighted by Crippen LogP contribution is -2.42. The van der Waals surface area contributed by atoms with Gasteiger partial charge in [-0.2, -0.15) is 0 Å². The second kappa shape index (κ2) is 4.09. The zero-order chi connectivity index (χ0) is 8.27. The van der Waals surface area contributed by atoms with Crippen molar-refractivity contribution in [2.75, 3.05) is 0 Å². The third kappa shape index (κ3) is 3.23. The highest BCUT2D eigenvalue weighted by Gasteiger charge is 2.20. The summed E-state index contributed by atoms with van der Waals surface area (Å²) < 4.78 is 0. The molecule has 0 spiro atoms. The van der Waals surface area contributed by atoms with Gasteiger partial charge in [0.2, 0.25) is 0 Å². The third-order valence-corrected chi connectivity index (χ3v) is 2.17. The van der Waals surface area contributed by atoms with E-state index in [9.17, 15) is 5.11 Å². The molecular formula is C7H16BNO2. The maximum Gasteiger partial charge on any atom is 0.373 e. The van der Waals surface area contributed by atoms with E-state index in [1.165, 1.54) is 0 Å². The van der Waals surface area contributed by atoms with Crippen molar-refractivity contribution in [1.29, 1.82) is 0 Å². The van der Waals surface area contributed by atoms with Crippen LogP contribution in [0.1, 0.15) is 25.7 Å². The molecule has 11 heavy (non-hydrogen) atoms. The second-order valence-electron chi connectivity index (χ2n) is 3.35. The van der Waals surface area contributed by atoms with E-state index in [0.29, 0.717) is 6.04 Å². The first-order valence-electron chi connectivity index (χ1n) is 4.30. The van der Waals surface area contributed by atoms with Crippen LogP contribution in [-0.4, -0.2) is 29.3 Å². The summed E-state index contributed by atoms with van der Waals surface area (Å²) in [6.45, 7) is 1.73. The highest BCUT2D eigenvalue weighted by Crippen LogP contribution is 2.17. The van der Waals surface area contributed by atoms with Crippen molar-refractivity contribution >= 4 is 7.05 Å². The fourth-order valence-electron chi connectivity index (χ4n) is 1.58. The van der Waals surface area contributed by atoms with E-state index < -0.39 is 7.05 Å². The molecule has 0 atom stereocenters. The summed E-state index contributed by atoms with van der Waals surface area (Å²) in [7, 11) is -0.421. The molecule has 64 valence electrons. The average molecular weight is 157 g/mol. The minimum atomic E-state index is -0.421. The predicted octanol–water partition coefficient (Wildman–Crippen LogP) is -0.0102. The van der Waals surface area contributed by atoms with Crippen LogP contribution in [0, 0.1) is 0 Å². The van der Waals surface area contributed by atoms with Crippen molar-refractivity contribution in [1.82, 2.24) is 5.23 Å². The Morgan fingerprint density at radius 3 is 2.27 bits per heavy atom. The summed E-state index contributed by atoms with van der Waals surface area (Å²) >= 11 is 0. The van der Waals surface area contributed by atoms with Gasteiger partial charge in [-0.3, -0.25) is 0 Å². The van der Waals surface area contributed by atoms with Gasteiger partial charge in [-0.1, -0.05) is 0 Å². The normalized spacial score (nSPS) is 31.9. The Hall–Kier alpha value is -0.0551. The zero-order valence-electron chi connectivity index (χ0n) is 6.95. The van der Waals surface area contributed by atoms with Gasteiger partial charge in [0.05, 0.1) is 6.10 Å². The van der Waals surface area contributed by atoms with Gasteiger partial charge in [-0.25, -0.2) is 0 Å². The molecule has 0 aromatic rings. The minimum absolute atomic E-state index is 0.109. The molecule has 0 heterocycles. The van der Waals surface area contributed by atoms with Gasteiger partial charge >= 0.3 is 7.05 Å². The predicted molar refractivity (Wildman–Crippen MR) is 45.2 cm³/mol. The van der Waals surface area contributed by atoms with E-state index in [1.807, 2.05) is 0 Å². The van der Waals surface area contributed by atoms with Crippen LogP contribution in [0.3, 0.4) is 0 Å². The van der Waals surface area contributed by atoms with Crippen molar-refractivity contribution in [3.63, 3.8) is 0 Å². The molecule has 0 saturated heterocycles. The van der Waals surface area contributed by atoms with E-state index in [-0.39, 0.29) is 6.10 Å². The molecule has 0 aliphatic heterocycles. The van der Waals surface area contributed by atoms with Crippen molar-refractivity contribution < 1.29 is 10.1 Å². The number of nitrogens with one attached hydrogen (secondary N) is 1. The summed E-state index contributed by atoms with van der Waals surface area (Å²) in [4.78, 5) is 0. The van der Waals surface area contributed by atoms with Gasteiger partial charge in [0, 0.05) is 0 Å². The fraction of sp³-hybridized carbons (Fsp3) is 1.00. The smallest absolute Gasteiger partial charge is 0.373 e. The van der Waals surface area contributed by atoms with Crippen LogP contribution in [-0.2, 0) is 0 Å². The fourth-order valence-corrected chi connectivity index (χ4v) is 1.58. The molecule has 0 bridgehead atoms. The van der Waals surface area contributed by atoms with Gasteiger partial charge in [-0.15, -0.1) is 0 Å². The minimum Gasteiger partial charge on any atom is -0.437 e. The van der Waals surface area contributed by atoms with Gasteiger partial charge in [0.1, 0.15) is 0 Å². The van der Waals surface area contributed by atoms with Crippen LogP contribution < -0.4 is 5.23 Å². The molecule has 1 fully saturated rings. The summed E-state index contributed by atoms with van der Waals surface area (Å²) in [5.74, 6) is 0. The number of rotatable bonds is 2. The van der Waals surface area contributed by atoms with Gasteiger partial charge in [-0.05, 0) is 38.5 Å². The van der Waals surface area contributed by atoms with Gasteiger partial charge < -0.3 is 15.4 Å². The standard InChI is InChI=1S/C7H16BNO2/c1-8(11)9-6-2-4-7(10)5-3-6/h6-7,9-11H,2-5H2,1H3/t6-,7-. The molecule has 0 aromatic carbocycles. The molecule has 1 aliphatic carbocycles. The van der Waals surface area contributed by atoms with Gasteiger partial charge in [0.25, 0.3) is 0 Å². The molecule has 0 unspecified atom stereocenters. The number of aliphatic hydroxyl groups is 1. The highest BCUT2D eigenvalue weighted by atomic mass is 16.3. The van der Waals surface area contributed by atoms with Crippen LogP contribution in [0.15, 0.2) is 0 Å². The molecule has 1 aliphatic rings. The Bertz CT molecular complexity index is 113. The first-order chi connectivity index (χ1) is 5.18. The third-order valence-electron chi connectivity index (χ3n) is 2.17. The lowest BCUT2D eigenvalue weighted by molar-refractivity contribution is 0.120. The average Bonchev–Trinajstić information content (AvgIpc) is 1.93. The topological polar surface area (TPSA) is 52.5 Å². The van der Waals surface area contributed by atoms with Crippen LogP contribution >= 0.6 is 0 Å². The lowest BCUT2D eigenvalue weighted by Gasteiger charge is -2.26. The molecule has 4 heteroatoms. The van der Waals surface area contributed by atoms with E-state index in [0.717, 1.165) is 25.7 Å². The maximum atomic E-state index is 9.17. The molecule has 3 nitrogen and oxygen atoms in total. The lowest BCUT2D eigenvalue weighted by atomic mass is 9.83. The molecule has 0 aromatic heterocycles. The van der Waals surface area contributed by atoms with Crippen molar-refractivity contribution in [2.45, 2.75) is 44.7 Å². The highest BCUT2D eigenvalue weighted by molar-refractivity contribution is 6.45. The first kappa shape index (κ1) is 9.04.